The summed E-state index contributed by atoms with van der Waals surface area (Å²) in [5, 5.41) is 0.368. The van der Waals surface area contributed by atoms with Crippen molar-refractivity contribution >= 4 is 9.84 Å². The molecule has 90 valence electrons. The molecule has 0 N–H and O–H groups in total. The molecule has 0 amide bonds. The van der Waals surface area contributed by atoms with E-state index in [-0.39, 0.29) is 5.75 Å². The molecule has 0 aromatic carbocycles. The number of rotatable bonds is 4. The van der Waals surface area contributed by atoms with Crippen LogP contribution >= 0.6 is 0 Å². The maximum Gasteiger partial charge on any atom is 0.453 e. The summed E-state index contributed by atoms with van der Waals surface area (Å²) in [5.74, 6) is -5.24. The van der Waals surface area contributed by atoms with Gasteiger partial charge in [0.25, 0.3) is 0 Å². The van der Waals surface area contributed by atoms with Crippen LogP contribution in [0.1, 0.15) is 13.3 Å². The van der Waals surface area contributed by atoms with Crippen molar-refractivity contribution in [1.29, 1.82) is 0 Å². The first kappa shape index (κ1) is 14.3. The van der Waals surface area contributed by atoms with Gasteiger partial charge in [0, 0.05) is 11.8 Å². The van der Waals surface area contributed by atoms with Crippen LogP contribution in [-0.2, 0) is 9.84 Å². The van der Waals surface area contributed by atoms with Crippen molar-refractivity contribution in [3.05, 3.63) is 11.5 Å². The largest absolute Gasteiger partial charge is 0.453 e. The van der Waals surface area contributed by atoms with Crippen LogP contribution < -0.4 is 0 Å². The summed E-state index contributed by atoms with van der Waals surface area (Å²) in [6.45, 7) is 1.25. The molecule has 0 aromatic rings. The Bertz CT molecular complexity index is 328. The normalized spacial score (nSPS) is 14.8. The summed E-state index contributed by atoms with van der Waals surface area (Å²) in [4.78, 5) is 0. The first-order valence-electron chi connectivity index (χ1n) is 3.85. The molecule has 0 aliphatic heterocycles. The van der Waals surface area contributed by atoms with E-state index in [0.29, 0.717) is 11.5 Å². The molecule has 0 rings (SSSR count). The van der Waals surface area contributed by atoms with Gasteiger partial charge in [-0.15, -0.1) is 0 Å². The van der Waals surface area contributed by atoms with Gasteiger partial charge in [-0.2, -0.15) is 22.0 Å². The number of alkyl halides is 5. The zero-order valence-electron chi connectivity index (χ0n) is 7.68. The number of hydrogen-bond acceptors (Lipinski definition) is 2. The molecule has 8 heteroatoms. The van der Waals surface area contributed by atoms with Gasteiger partial charge in [0.1, 0.15) is 0 Å². The Labute approximate surface area is 83.7 Å². The summed E-state index contributed by atoms with van der Waals surface area (Å²) < 4.78 is 80.7. The van der Waals surface area contributed by atoms with Gasteiger partial charge in [-0.1, -0.05) is 13.0 Å². The first-order valence-corrected chi connectivity index (χ1v) is 5.57. The molecule has 0 saturated heterocycles. The van der Waals surface area contributed by atoms with Gasteiger partial charge in [0.2, 0.25) is 0 Å². The van der Waals surface area contributed by atoms with Crippen molar-refractivity contribution in [2.45, 2.75) is 25.4 Å². The Kier molecular flexibility index (Phi) is 4.26. The molecule has 0 spiro atoms. The van der Waals surface area contributed by atoms with Crippen LogP contribution in [0.2, 0.25) is 0 Å². The predicted octanol–water partition coefficient (Wildman–Crippen LogP) is 2.52. The number of sulfone groups is 1. The molecule has 15 heavy (non-hydrogen) atoms. The molecule has 0 fully saturated rings. The van der Waals surface area contributed by atoms with E-state index in [9.17, 15) is 30.4 Å². The van der Waals surface area contributed by atoms with Crippen molar-refractivity contribution in [2.75, 3.05) is 5.75 Å². The first-order chi connectivity index (χ1) is 6.52. The molecule has 0 atom stereocenters. The van der Waals surface area contributed by atoms with E-state index in [0.717, 1.165) is 0 Å². The van der Waals surface area contributed by atoms with E-state index in [2.05, 4.69) is 0 Å². The molecule has 0 heterocycles. The van der Waals surface area contributed by atoms with Crippen LogP contribution in [0, 0.1) is 0 Å². The zero-order chi connectivity index (χ0) is 12.3. The highest BCUT2D eigenvalue weighted by molar-refractivity contribution is 7.94. The Morgan fingerprint density at radius 3 is 1.93 bits per heavy atom. The maximum atomic E-state index is 12.2. The third-order valence-electron chi connectivity index (χ3n) is 1.49. The molecule has 0 radical (unpaired) electrons. The van der Waals surface area contributed by atoms with Crippen molar-refractivity contribution in [3.8, 4) is 0 Å². The van der Waals surface area contributed by atoms with Crippen LogP contribution in [0.3, 0.4) is 0 Å². The van der Waals surface area contributed by atoms with Crippen molar-refractivity contribution in [2.24, 2.45) is 0 Å². The predicted molar refractivity (Wildman–Crippen MR) is 44.2 cm³/mol. The second-order valence-electron chi connectivity index (χ2n) is 2.73. The lowest BCUT2D eigenvalue weighted by molar-refractivity contribution is -0.280. The number of hydrogen-bond donors (Lipinski definition) is 0. The minimum absolute atomic E-state index is 0.312. The van der Waals surface area contributed by atoms with E-state index >= 15 is 0 Å². The lowest BCUT2D eigenvalue weighted by Gasteiger charge is -2.17. The summed E-state index contributed by atoms with van der Waals surface area (Å²) >= 11 is 0. The second-order valence-corrected chi connectivity index (χ2v) is 4.90. The molecule has 0 bridgehead atoms. The zero-order valence-corrected chi connectivity index (χ0v) is 8.50. The maximum absolute atomic E-state index is 12.2. The van der Waals surface area contributed by atoms with Crippen LogP contribution in [-0.4, -0.2) is 26.3 Å². The highest BCUT2D eigenvalue weighted by Gasteiger charge is 2.56. The summed E-state index contributed by atoms with van der Waals surface area (Å²) in [5.41, 5.74) is 0. The fourth-order valence-corrected chi connectivity index (χ4v) is 1.14. The van der Waals surface area contributed by atoms with E-state index in [4.69, 9.17) is 0 Å². The monoisotopic (exact) mass is 252 g/mol. The minimum Gasteiger partial charge on any atom is -0.224 e. The highest BCUT2D eigenvalue weighted by Crippen LogP contribution is 2.38. The Morgan fingerprint density at radius 1 is 1.13 bits per heavy atom. The van der Waals surface area contributed by atoms with Gasteiger partial charge in [0.05, 0.1) is 5.75 Å². The lowest BCUT2D eigenvalue weighted by Crippen LogP contribution is -2.35. The van der Waals surface area contributed by atoms with Gasteiger partial charge in [0.15, 0.2) is 9.84 Å². The smallest absolute Gasteiger partial charge is 0.224 e. The summed E-state index contributed by atoms with van der Waals surface area (Å²) in [6.07, 6.45) is -7.02. The number of allylic oxidation sites excluding steroid dienone is 1. The van der Waals surface area contributed by atoms with Crippen molar-refractivity contribution in [1.82, 2.24) is 0 Å². The van der Waals surface area contributed by atoms with Gasteiger partial charge in [-0.3, -0.25) is 0 Å². The van der Waals surface area contributed by atoms with Crippen LogP contribution in [0.4, 0.5) is 22.0 Å². The SMILES string of the molecule is CCS(=O)(=O)C=CCC(F)(F)C(F)(F)F. The van der Waals surface area contributed by atoms with Crippen LogP contribution in [0.5, 0.6) is 0 Å². The Morgan fingerprint density at radius 2 is 1.60 bits per heavy atom. The van der Waals surface area contributed by atoms with Gasteiger partial charge in [-0.25, -0.2) is 8.42 Å². The van der Waals surface area contributed by atoms with E-state index in [1.165, 1.54) is 6.92 Å². The van der Waals surface area contributed by atoms with Gasteiger partial charge >= 0.3 is 12.1 Å². The van der Waals surface area contributed by atoms with Gasteiger partial charge in [-0.05, 0) is 0 Å². The highest BCUT2D eigenvalue weighted by atomic mass is 32.2. The van der Waals surface area contributed by atoms with E-state index in [1.807, 2.05) is 0 Å². The Balaban J connectivity index is 4.54. The van der Waals surface area contributed by atoms with Crippen LogP contribution in [0.25, 0.3) is 0 Å². The Hall–Kier alpha value is -0.660. The van der Waals surface area contributed by atoms with E-state index < -0.39 is 28.4 Å². The van der Waals surface area contributed by atoms with Gasteiger partial charge < -0.3 is 0 Å². The third-order valence-corrected chi connectivity index (χ3v) is 2.91. The quantitative estimate of drug-likeness (QED) is 0.720. The molecule has 0 aliphatic carbocycles. The van der Waals surface area contributed by atoms with Crippen LogP contribution in [0.15, 0.2) is 11.5 Å². The lowest BCUT2D eigenvalue weighted by atomic mass is 10.2. The van der Waals surface area contributed by atoms with E-state index in [1.54, 1.807) is 0 Å². The fraction of sp³-hybridized carbons (Fsp3) is 0.714. The fourth-order valence-electron chi connectivity index (χ4n) is 0.555. The average Bonchev–Trinajstić information content (AvgIpc) is 2.01. The molecular formula is C7H9F5O2S. The standard InChI is InChI=1S/C7H9F5O2S/c1-2-15(13,14)5-3-4-6(8,9)7(10,11)12/h3,5H,2,4H2,1H3. The molecular weight excluding hydrogens is 243 g/mol. The molecule has 2 nitrogen and oxygen atoms in total. The molecule has 0 aliphatic rings. The average molecular weight is 252 g/mol. The summed E-state index contributed by atoms with van der Waals surface area (Å²) in [6, 6.07) is 0. The molecule has 0 aromatic heterocycles. The topological polar surface area (TPSA) is 34.1 Å². The second kappa shape index (κ2) is 4.46. The molecule has 0 saturated carbocycles. The minimum atomic E-state index is -5.66. The van der Waals surface area contributed by atoms with Crippen molar-refractivity contribution < 1.29 is 30.4 Å². The number of halogens is 5. The summed E-state index contributed by atoms with van der Waals surface area (Å²) in [7, 11) is -3.67. The third kappa shape index (κ3) is 4.59. The van der Waals surface area contributed by atoms with Crippen molar-refractivity contribution in [3.63, 3.8) is 0 Å². The molecule has 0 unspecified atom stereocenters.